The zero-order valence-corrected chi connectivity index (χ0v) is 11.5. The van der Waals surface area contributed by atoms with Gasteiger partial charge in [0.05, 0.1) is 0 Å². The Balaban J connectivity index is 2.66. The normalized spacial score (nSPS) is 10.3. The summed E-state index contributed by atoms with van der Waals surface area (Å²) in [4.78, 5) is 23.2. The predicted molar refractivity (Wildman–Crippen MR) is 74.1 cm³/mol. The Labute approximate surface area is 113 Å². The van der Waals surface area contributed by atoms with Crippen molar-refractivity contribution in [3.8, 4) is 0 Å². The zero-order valence-electron chi connectivity index (χ0n) is 11.5. The molecule has 104 valence electrons. The minimum absolute atomic E-state index is 0.0101. The molecule has 0 fully saturated rings. The molecular formula is C14H20N2O3. The number of amides is 2. The minimum Gasteiger partial charge on any atom is -0.375 e. The molecule has 0 aromatic heterocycles. The molecule has 2 N–H and O–H groups in total. The van der Waals surface area contributed by atoms with Gasteiger partial charge in [0, 0.05) is 24.9 Å². The minimum atomic E-state index is -0.248. The monoisotopic (exact) mass is 264 g/mol. The van der Waals surface area contributed by atoms with Crippen LogP contribution in [0.5, 0.6) is 0 Å². The molecule has 19 heavy (non-hydrogen) atoms. The van der Waals surface area contributed by atoms with Gasteiger partial charge in [0.15, 0.2) is 0 Å². The summed E-state index contributed by atoms with van der Waals surface area (Å²) in [6.07, 6.45) is 0. The van der Waals surface area contributed by atoms with E-state index in [1.807, 2.05) is 13.8 Å². The van der Waals surface area contributed by atoms with Gasteiger partial charge < -0.3 is 15.4 Å². The first-order chi connectivity index (χ1) is 9.02. The van der Waals surface area contributed by atoms with Crippen LogP contribution in [0.15, 0.2) is 24.3 Å². The van der Waals surface area contributed by atoms with Crippen LogP contribution in [0, 0.1) is 5.92 Å². The highest BCUT2D eigenvalue weighted by Gasteiger charge is 2.08. The van der Waals surface area contributed by atoms with Crippen LogP contribution >= 0.6 is 0 Å². The van der Waals surface area contributed by atoms with Gasteiger partial charge in [-0.15, -0.1) is 0 Å². The number of carbonyl (C=O) groups is 2. The quantitative estimate of drug-likeness (QED) is 0.821. The molecule has 0 aliphatic carbocycles. The van der Waals surface area contributed by atoms with Crippen molar-refractivity contribution in [1.82, 2.24) is 5.32 Å². The Kier molecular flexibility index (Phi) is 6.02. The Morgan fingerprint density at radius 1 is 1.32 bits per heavy atom. The standard InChI is InChI=1S/C14H20N2O3/c1-10(2)8-15-14(18)11-5-4-6-12(7-11)16-13(17)9-19-3/h4-7,10H,8-9H2,1-3H3,(H,15,18)(H,16,17). The summed E-state index contributed by atoms with van der Waals surface area (Å²) in [5.41, 5.74) is 1.11. The highest BCUT2D eigenvalue weighted by Crippen LogP contribution is 2.10. The molecule has 5 heteroatoms. The molecule has 1 aromatic carbocycles. The third-order valence-electron chi connectivity index (χ3n) is 2.35. The Bertz CT molecular complexity index is 444. The third-order valence-corrected chi connectivity index (χ3v) is 2.35. The Hall–Kier alpha value is -1.88. The van der Waals surface area contributed by atoms with Crippen LogP contribution in [0.1, 0.15) is 24.2 Å². The van der Waals surface area contributed by atoms with Crippen LogP contribution in [0.4, 0.5) is 5.69 Å². The largest absolute Gasteiger partial charge is 0.375 e. The maximum Gasteiger partial charge on any atom is 0.251 e. The molecule has 1 aromatic rings. The van der Waals surface area contributed by atoms with Gasteiger partial charge in [-0.1, -0.05) is 19.9 Å². The van der Waals surface area contributed by atoms with Crippen LogP contribution in [-0.2, 0) is 9.53 Å². The molecule has 1 rings (SSSR count). The van der Waals surface area contributed by atoms with Gasteiger partial charge in [0.1, 0.15) is 6.61 Å². The molecule has 0 unspecified atom stereocenters. The van der Waals surface area contributed by atoms with E-state index in [0.29, 0.717) is 23.7 Å². The number of nitrogens with one attached hydrogen (secondary N) is 2. The summed E-state index contributed by atoms with van der Waals surface area (Å²) >= 11 is 0. The van der Waals surface area contributed by atoms with Crippen molar-refractivity contribution in [2.24, 2.45) is 5.92 Å². The number of anilines is 1. The van der Waals surface area contributed by atoms with Gasteiger partial charge in [-0.05, 0) is 24.1 Å². The molecule has 0 aliphatic rings. The van der Waals surface area contributed by atoms with Crippen molar-refractivity contribution in [2.45, 2.75) is 13.8 Å². The van der Waals surface area contributed by atoms with Crippen LogP contribution in [0.2, 0.25) is 0 Å². The van der Waals surface area contributed by atoms with Crippen LogP contribution in [0.3, 0.4) is 0 Å². The fourth-order valence-electron chi connectivity index (χ4n) is 1.47. The lowest BCUT2D eigenvalue weighted by Crippen LogP contribution is -2.27. The van der Waals surface area contributed by atoms with E-state index in [-0.39, 0.29) is 18.4 Å². The van der Waals surface area contributed by atoms with Gasteiger partial charge in [-0.25, -0.2) is 0 Å². The van der Waals surface area contributed by atoms with Gasteiger partial charge in [0.2, 0.25) is 5.91 Å². The Morgan fingerprint density at radius 3 is 2.68 bits per heavy atom. The summed E-state index contributed by atoms with van der Waals surface area (Å²) in [6, 6.07) is 6.81. The van der Waals surface area contributed by atoms with E-state index in [4.69, 9.17) is 4.74 Å². The van der Waals surface area contributed by atoms with Crippen LogP contribution in [-0.4, -0.2) is 32.1 Å². The van der Waals surface area contributed by atoms with Crippen molar-refractivity contribution in [3.63, 3.8) is 0 Å². The second kappa shape index (κ2) is 7.53. The smallest absolute Gasteiger partial charge is 0.251 e. The molecule has 0 atom stereocenters. The lowest BCUT2D eigenvalue weighted by Gasteiger charge is -2.09. The lowest BCUT2D eigenvalue weighted by atomic mass is 10.1. The Morgan fingerprint density at radius 2 is 2.05 bits per heavy atom. The number of hydrogen-bond donors (Lipinski definition) is 2. The second-order valence-corrected chi connectivity index (χ2v) is 4.67. The van der Waals surface area contributed by atoms with Crippen molar-refractivity contribution >= 4 is 17.5 Å². The average Bonchev–Trinajstić information content (AvgIpc) is 2.36. The molecule has 0 aliphatic heterocycles. The summed E-state index contributed by atoms with van der Waals surface area (Å²) in [5.74, 6) is 0.00678. The molecule has 0 bridgehead atoms. The molecule has 0 heterocycles. The van der Waals surface area contributed by atoms with Crippen molar-refractivity contribution in [3.05, 3.63) is 29.8 Å². The maximum atomic E-state index is 11.9. The molecule has 5 nitrogen and oxygen atoms in total. The first kappa shape index (κ1) is 15.2. The van der Waals surface area contributed by atoms with E-state index in [1.165, 1.54) is 7.11 Å². The first-order valence-electron chi connectivity index (χ1n) is 6.20. The molecule has 0 saturated heterocycles. The topological polar surface area (TPSA) is 67.4 Å². The van der Waals surface area contributed by atoms with E-state index < -0.39 is 0 Å². The molecular weight excluding hydrogens is 244 g/mol. The fourth-order valence-corrected chi connectivity index (χ4v) is 1.47. The van der Waals surface area contributed by atoms with Gasteiger partial charge in [0.25, 0.3) is 5.91 Å². The van der Waals surface area contributed by atoms with E-state index in [2.05, 4.69) is 10.6 Å². The van der Waals surface area contributed by atoms with Crippen LogP contribution < -0.4 is 10.6 Å². The van der Waals surface area contributed by atoms with Crippen molar-refractivity contribution in [1.29, 1.82) is 0 Å². The third kappa shape index (κ3) is 5.52. The van der Waals surface area contributed by atoms with Crippen LogP contribution in [0.25, 0.3) is 0 Å². The summed E-state index contributed by atoms with van der Waals surface area (Å²) in [6.45, 7) is 4.67. The van der Waals surface area contributed by atoms with E-state index in [1.54, 1.807) is 24.3 Å². The molecule has 0 saturated carbocycles. The number of hydrogen-bond acceptors (Lipinski definition) is 3. The van der Waals surface area contributed by atoms with Crippen molar-refractivity contribution < 1.29 is 14.3 Å². The predicted octanol–water partition coefficient (Wildman–Crippen LogP) is 1.66. The molecule has 2 amide bonds. The summed E-state index contributed by atoms with van der Waals surface area (Å²) < 4.78 is 4.73. The summed E-state index contributed by atoms with van der Waals surface area (Å²) in [5, 5.41) is 5.49. The second-order valence-electron chi connectivity index (χ2n) is 4.67. The summed E-state index contributed by atoms with van der Waals surface area (Å²) in [7, 11) is 1.45. The fraction of sp³-hybridized carbons (Fsp3) is 0.429. The first-order valence-corrected chi connectivity index (χ1v) is 6.20. The number of benzene rings is 1. The zero-order chi connectivity index (χ0) is 14.3. The maximum absolute atomic E-state index is 11.9. The number of ether oxygens (including phenoxy) is 1. The van der Waals surface area contributed by atoms with E-state index >= 15 is 0 Å². The lowest BCUT2D eigenvalue weighted by molar-refractivity contribution is -0.119. The number of rotatable bonds is 6. The van der Waals surface area contributed by atoms with Gasteiger partial charge >= 0.3 is 0 Å². The SMILES string of the molecule is COCC(=O)Nc1cccc(C(=O)NCC(C)C)c1. The number of carbonyl (C=O) groups excluding carboxylic acids is 2. The number of methoxy groups -OCH3 is 1. The highest BCUT2D eigenvalue weighted by molar-refractivity contribution is 5.97. The van der Waals surface area contributed by atoms with Gasteiger partial charge in [-0.3, -0.25) is 9.59 Å². The van der Waals surface area contributed by atoms with Crippen molar-refractivity contribution in [2.75, 3.05) is 25.6 Å². The average molecular weight is 264 g/mol. The highest BCUT2D eigenvalue weighted by atomic mass is 16.5. The molecule has 0 radical (unpaired) electrons. The van der Waals surface area contributed by atoms with E-state index in [9.17, 15) is 9.59 Å². The molecule has 0 spiro atoms. The van der Waals surface area contributed by atoms with Gasteiger partial charge in [-0.2, -0.15) is 0 Å². The van der Waals surface area contributed by atoms with E-state index in [0.717, 1.165) is 0 Å².